The second-order valence-electron chi connectivity index (χ2n) is 4.90. The van der Waals surface area contributed by atoms with E-state index in [0.29, 0.717) is 0 Å². The summed E-state index contributed by atoms with van der Waals surface area (Å²) in [6.07, 6.45) is -2.65. The highest BCUT2D eigenvalue weighted by molar-refractivity contribution is 5.71. The fourth-order valence-electron chi connectivity index (χ4n) is 1.91. The quantitative estimate of drug-likeness (QED) is 0.542. The third-order valence-corrected chi connectivity index (χ3v) is 3.21. The predicted octanol–water partition coefficient (Wildman–Crippen LogP) is 1.53. The van der Waals surface area contributed by atoms with Crippen molar-refractivity contribution < 1.29 is 33.3 Å². The first kappa shape index (κ1) is 18.4. The molecule has 7 nitrogen and oxygen atoms in total. The Morgan fingerprint density at radius 3 is 1.82 bits per heavy atom. The van der Waals surface area contributed by atoms with Gasteiger partial charge < -0.3 is 18.9 Å². The average molecular weight is 315 g/mol. The van der Waals surface area contributed by atoms with Crippen LogP contribution in [0, 0.1) is 6.61 Å². The Morgan fingerprint density at radius 1 is 0.864 bits per heavy atom. The molecule has 1 fully saturated rings. The minimum Gasteiger partial charge on any atom is -0.455 e. The van der Waals surface area contributed by atoms with Crippen LogP contribution in [0.25, 0.3) is 0 Å². The molecular weight excluding hydrogens is 292 g/mol. The summed E-state index contributed by atoms with van der Waals surface area (Å²) < 4.78 is 21.2. The smallest absolute Gasteiger partial charge is 0.306 e. The standard InChI is InChI=1S/C15H23O7/c1-5-11(16)20-10-8-19-9(4)14(21-12(17)6-2)15(10)22-13(18)7-3/h8-10,14-15H,5-7H2,1-4H3/t9-,10-,14+,15+/m0/s1. The van der Waals surface area contributed by atoms with Gasteiger partial charge in [0.05, 0.1) is 6.10 Å². The maximum absolute atomic E-state index is 11.6. The summed E-state index contributed by atoms with van der Waals surface area (Å²) in [5.41, 5.74) is 0. The molecule has 0 unspecified atom stereocenters. The summed E-state index contributed by atoms with van der Waals surface area (Å²) in [5, 5.41) is 0. The van der Waals surface area contributed by atoms with Gasteiger partial charge in [0.15, 0.2) is 18.3 Å². The first-order chi connectivity index (χ1) is 10.4. The van der Waals surface area contributed by atoms with Crippen LogP contribution in [-0.2, 0) is 33.3 Å². The molecule has 0 N–H and O–H groups in total. The van der Waals surface area contributed by atoms with Crippen LogP contribution in [-0.4, -0.2) is 42.3 Å². The summed E-state index contributed by atoms with van der Waals surface area (Å²) in [6, 6.07) is 0. The second kappa shape index (κ2) is 8.73. The first-order valence-electron chi connectivity index (χ1n) is 7.50. The van der Waals surface area contributed by atoms with Gasteiger partial charge in [-0.3, -0.25) is 14.4 Å². The van der Waals surface area contributed by atoms with E-state index in [2.05, 4.69) is 0 Å². The molecule has 1 heterocycles. The molecule has 0 aromatic rings. The Morgan fingerprint density at radius 2 is 1.32 bits per heavy atom. The Balaban J connectivity index is 2.92. The van der Waals surface area contributed by atoms with Crippen molar-refractivity contribution in [2.45, 2.75) is 71.4 Å². The van der Waals surface area contributed by atoms with Crippen LogP contribution in [0.1, 0.15) is 47.0 Å². The van der Waals surface area contributed by atoms with Gasteiger partial charge in [0.1, 0.15) is 6.61 Å². The van der Waals surface area contributed by atoms with Gasteiger partial charge in [-0.05, 0) is 6.92 Å². The number of carbonyl (C=O) groups is 3. The Labute approximate surface area is 130 Å². The predicted molar refractivity (Wildman–Crippen MR) is 75.4 cm³/mol. The van der Waals surface area contributed by atoms with Crippen LogP contribution >= 0.6 is 0 Å². The topological polar surface area (TPSA) is 88.1 Å². The van der Waals surface area contributed by atoms with E-state index in [-0.39, 0.29) is 19.3 Å². The van der Waals surface area contributed by atoms with E-state index in [4.69, 9.17) is 18.9 Å². The van der Waals surface area contributed by atoms with Crippen molar-refractivity contribution in [2.24, 2.45) is 0 Å². The molecule has 7 heteroatoms. The molecule has 0 aromatic heterocycles. The molecule has 1 aliphatic rings. The fourth-order valence-corrected chi connectivity index (χ4v) is 1.91. The molecule has 22 heavy (non-hydrogen) atoms. The molecule has 0 aromatic carbocycles. The molecule has 0 aliphatic carbocycles. The molecule has 0 saturated carbocycles. The zero-order chi connectivity index (χ0) is 16.7. The minimum absolute atomic E-state index is 0.161. The Kier molecular flexibility index (Phi) is 7.31. The van der Waals surface area contributed by atoms with Crippen molar-refractivity contribution in [2.75, 3.05) is 0 Å². The number of carbonyl (C=O) groups excluding carboxylic acids is 3. The molecule has 125 valence electrons. The SMILES string of the molecule is CCC(=O)O[C@H]1[C@H](OC(=O)CC)[C@@H](OC(=O)CC)[CH]O[C@H]1C. The molecule has 1 radical (unpaired) electrons. The van der Waals surface area contributed by atoms with Gasteiger partial charge in [-0.2, -0.15) is 0 Å². The van der Waals surface area contributed by atoms with Crippen LogP contribution in [0.5, 0.6) is 0 Å². The van der Waals surface area contributed by atoms with E-state index < -0.39 is 42.3 Å². The lowest BCUT2D eigenvalue weighted by Gasteiger charge is -2.39. The highest BCUT2D eigenvalue weighted by atomic mass is 16.6. The Bertz CT molecular complexity index is 407. The highest BCUT2D eigenvalue weighted by Gasteiger charge is 2.45. The maximum atomic E-state index is 11.6. The van der Waals surface area contributed by atoms with Gasteiger partial charge in [0, 0.05) is 19.3 Å². The number of rotatable bonds is 6. The summed E-state index contributed by atoms with van der Waals surface area (Å²) >= 11 is 0. The van der Waals surface area contributed by atoms with E-state index in [0.717, 1.165) is 0 Å². The summed E-state index contributed by atoms with van der Waals surface area (Å²) in [7, 11) is 0. The van der Waals surface area contributed by atoms with E-state index >= 15 is 0 Å². The zero-order valence-corrected chi connectivity index (χ0v) is 13.4. The Hall–Kier alpha value is -1.63. The monoisotopic (exact) mass is 315 g/mol. The van der Waals surface area contributed by atoms with E-state index in [1.54, 1.807) is 27.7 Å². The van der Waals surface area contributed by atoms with Crippen LogP contribution < -0.4 is 0 Å². The first-order valence-corrected chi connectivity index (χ1v) is 7.50. The van der Waals surface area contributed by atoms with E-state index in [1.165, 1.54) is 6.61 Å². The molecule has 0 bridgehead atoms. The van der Waals surface area contributed by atoms with Crippen LogP contribution in [0.15, 0.2) is 0 Å². The van der Waals surface area contributed by atoms with Gasteiger partial charge in [0.25, 0.3) is 0 Å². The molecule has 0 spiro atoms. The maximum Gasteiger partial charge on any atom is 0.306 e. The number of ether oxygens (including phenoxy) is 4. The van der Waals surface area contributed by atoms with Gasteiger partial charge >= 0.3 is 17.9 Å². The van der Waals surface area contributed by atoms with Crippen LogP contribution in [0.4, 0.5) is 0 Å². The lowest BCUT2D eigenvalue weighted by atomic mass is 10.00. The number of esters is 3. The van der Waals surface area contributed by atoms with Crippen molar-refractivity contribution in [1.82, 2.24) is 0 Å². The molecule has 1 aliphatic heterocycles. The summed E-state index contributed by atoms with van der Waals surface area (Å²) in [6.45, 7) is 7.95. The lowest BCUT2D eigenvalue weighted by molar-refractivity contribution is -0.212. The lowest BCUT2D eigenvalue weighted by Crippen LogP contribution is -2.55. The van der Waals surface area contributed by atoms with Crippen LogP contribution in [0.2, 0.25) is 0 Å². The van der Waals surface area contributed by atoms with Gasteiger partial charge in [-0.25, -0.2) is 0 Å². The van der Waals surface area contributed by atoms with Gasteiger partial charge in [-0.1, -0.05) is 20.8 Å². The zero-order valence-electron chi connectivity index (χ0n) is 13.4. The minimum atomic E-state index is -0.915. The highest BCUT2D eigenvalue weighted by Crippen LogP contribution is 2.27. The molecular formula is C15H23O7. The van der Waals surface area contributed by atoms with Crippen molar-refractivity contribution in [3.8, 4) is 0 Å². The summed E-state index contributed by atoms with van der Waals surface area (Å²) in [4.78, 5) is 34.7. The molecule has 1 saturated heterocycles. The average Bonchev–Trinajstić information content (AvgIpc) is 2.52. The fraction of sp³-hybridized carbons (Fsp3) is 0.733. The van der Waals surface area contributed by atoms with Gasteiger partial charge in [0.2, 0.25) is 0 Å². The van der Waals surface area contributed by atoms with Crippen molar-refractivity contribution >= 4 is 17.9 Å². The van der Waals surface area contributed by atoms with Crippen molar-refractivity contribution in [3.05, 3.63) is 6.61 Å². The van der Waals surface area contributed by atoms with Crippen molar-refractivity contribution in [1.29, 1.82) is 0 Å². The third-order valence-electron chi connectivity index (χ3n) is 3.21. The third kappa shape index (κ3) is 4.98. The molecule has 0 amide bonds. The number of hydrogen-bond donors (Lipinski definition) is 0. The second-order valence-corrected chi connectivity index (χ2v) is 4.90. The van der Waals surface area contributed by atoms with Crippen molar-refractivity contribution in [3.63, 3.8) is 0 Å². The normalized spacial score (nSPS) is 27.8. The summed E-state index contributed by atoms with van der Waals surface area (Å²) in [5.74, 6) is -1.37. The number of hydrogen-bond acceptors (Lipinski definition) is 7. The largest absolute Gasteiger partial charge is 0.455 e. The van der Waals surface area contributed by atoms with Crippen LogP contribution in [0.3, 0.4) is 0 Å². The molecule has 1 rings (SSSR count). The van der Waals surface area contributed by atoms with E-state index in [1.807, 2.05) is 0 Å². The van der Waals surface area contributed by atoms with E-state index in [9.17, 15) is 14.4 Å². The van der Waals surface area contributed by atoms with Gasteiger partial charge in [-0.15, -0.1) is 0 Å². The molecule has 4 atom stereocenters.